The molecule has 1 aromatic carbocycles. The highest BCUT2D eigenvalue weighted by atomic mass is 32.2. The molecule has 0 atom stereocenters. The summed E-state index contributed by atoms with van der Waals surface area (Å²) in [6.07, 6.45) is 0. The molecule has 4 nitrogen and oxygen atoms in total. The summed E-state index contributed by atoms with van der Waals surface area (Å²) >= 11 is 1.15. The van der Waals surface area contributed by atoms with Crippen LogP contribution < -0.4 is 9.84 Å². The molecule has 0 fully saturated rings. The molecule has 0 aliphatic rings. The van der Waals surface area contributed by atoms with E-state index in [0.29, 0.717) is 10.8 Å². The van der Waals surface area contributed by atoms with E-state index in [9.17, 15) is 9.90 Å². The third kappa shape index (κ3) is 2.56. The zero-order valence-corrected chi connectivity index (χ0v) is 10.9. The van der Waals surface area contributed by atoms with Gasteiger partial charge in [0, 0.05) is 11.1 Å². The minimum absolute atomic E-state index is 0.104. The Kier molecular flexibility index (Phi) is 3.72. The molecule has 18 heavy (non-hydrogen) atoms. The van der Waals surface area contributed by atoms with E-state index >= 15 is 0 Å². The summed E-state index contributed by atoms with van der Waals surface area (Å²) in [5, 5.41) is 12.1. The number of hydrogen-bond donors (Lipinski definition) is 0. The first kappa shape index (κ1) is 12.7. The number of nitrogens with zero attached hydrogens (tertiary/aromatic N) is 1. The number of aryl methyl sites for hydroxylation is 1. The molecule has 94 valence electrons. The first-order chi connectivity index (χ1) is 8.61. The van der Waals surface area contributed by atoms with Gasteiger partial charge in [-0.1, -0.05) is 12.1 Å². The molecule has 0 unspecified atom stereocenters. The largest absolute Gasteiger partial charge is 0.549 e. The van der Waals surface area contributed by atoms with Crippen molar-refractivity contribution in [2.24, 2.45) is 0 Å². The number of pyridine rings is 1. The van der Waals surface area contributed by atoms with Crippen molar-refractivity contribution in [1.29, 1.82) is 0 Å². The van der Waals surface area contributed by atoms with Gasteiger partial charge in [0.25, 0.3) is 0 Å². The van der Waals surface area contributed by atoms with Crippen LogP contribution in [0.2, 0.25) is 0 Å². The Hall–Kier alpha value is -1.75. The topological polar surface area (TPSA) is 62.2 Å². The number of carboxylic acids is 1. The van der Waals surface area contributed by atoms with E-state index in [1.165, 1.54) is 0 Å². The number of aliphatic carboxylic acids is 1. The maximum Gasteiger partial charge on any atom is 0.145 e. The van der Waals surface area contributed by atoms with Crippen molar-refractivity contribution in [3.05, 3.63) is 29.8 Å². The van der Waals surface area contributed by atoms with Gasteiger partial charge >= 0.3 is 0 Å². The van der Waals surface area contributed by atoms with Crippen molar-refractivity contribution in [2.75, 3.05) is 12.9 Å². The van der Waals surface area contributed by atoms with Crippen LogP contribution in [-0.4, -0.2) is 23.8 Å². The smallest absolute Gasteiger partial charge is 0.145 e. The summed E-state index contributed by atoms with van der Waals surface area (Å²) in [4.78, 5) is 14.9. The summed E-state index contributed by atoms with van der Waals surface area (Å²) in [6, 6.07) is 7.58. The Morgan fingerprint density at radius 1 is 1.50 bits per heavy atom. The fraction of sp³-hybridized carbons (Fsp3) is 0.231. The molecule has 2 aromatic rings. The number of thioether (sulfide) groups is 1. The monoisotopic (exact) mass is 262 g/mol. The summed E-state index contributed by atoms with van der Waals surface area (Å²) in [7, 11) is 1.59. The van der Waals surface area contributed by atoms with E-state index < -0.39 is 5.97 Å². The Bertz CT molecular complexity index is 598. The lowest BCUT2D eigenvalue weighted by Gasteiger charge is -2.09. The molecule has 0 bridgehead atoms. The van der Waals surface area contributed by atoms with Gasteiger partial charge in [-0.05, 0) is 24.6 Å². The average Bonchev–Trinajstić information content (AvgIpc) is 2.36. The number of aromatic nitrogens is 1. The summed E-state index contributed by atoms with van der Waals surface area (Å²) in [6.45, 7) is 1.96. The Labute approximate surface area is 109 Å². The molecule has 1 aromatic heterocycles. The van der Waals surface area contributed by atoms with E-state index in [2.05, 4.69) is 4.98 Å². The summed E-state index contributed by atoms with van der Waals surface area (Å²) in [5.74, 6) is -0.515. The number of fused-ring (bicyclic) bond motifs is 1. The van der Waals surface area contributed by atoms with Crippen LogP contribution in [0.3, 0.4) is 0 Å². The Morgan fingerprint density at radius 2 is 2.28 bits per heavy atom. The molecule has 0 saturated carbocycles. The number of methoxy groups -OCH3 is 1. The van der Waals surface area contributed by atoms with Gasteiger partial charge in [-0.15, -0.1) is 11.8 Å². The normalized spacial score (nSPS) is 10.6. The number of ether oxygens (including phenoxy) is 1. The molecule has 0 aliphatic carbocycles. The van der Waals surface area contributed by atoms with Crippen molar-refractivity contribution in [3.8, 4) is 5.75 Å². The lowest BCUT2D eigenvalue weighted by atomic mass is 10.1. The molecule has 0 spiro atoms. The van der Waals surface area contributed by atoms with Crippen molar-refractivity contribution in [3.63, 3.8) is 0 Å². The minimum Gasteiger partial charge on any atom is -0.549 e. The van der Waals surface area contributed by atoms with Crippen molar-refractivity contribution >= 4 is 28.6 Å². The van der Waals surface area contributed by atoms with Gasteiger partial charge in [-0.25, -0.2) is 4.98 Å². The van der Waals surface area contributed by atoms with Gasteiger partial charge < -0.3 is 14.6 Å². The SMILES string of the molecule is COc1cccc2c(C)cc(SCC(=O)[O-])nc12. The molecule has 5 heteroatoms. The molecule has 0 amide bonds. The number of carboxylic acid groups (broad SMARTS) is 1. The first-order valence-corrected chi connectivity index (χ1v) is 6.37. The third-order valence-electron chi connectivity index (χ3n) is 2.54. The predicted octanol–water partition coefficient (Wildman–Crippen LogP) is 1.39. The van der Waals surface area contributed by atoms with Gasteiger partial charge in [0.2, 0.25) is 0 Å². The standard InChI is InChI=1S/C13H13NO3S/c1-8-6-11(18-7-12(15)16)14-13-9(8)4-3-5-10(13)17-2/h3-6H,7H2,1-2H3,(H,15,16)/p-1. The van der Waals surface area contributed by atoms with Crippen LogP contribution in [0, 0.1) is 6.92 Å². The van der Waals surface area contributed by atoms with Crippen LogP contribution in [0.4, 0.5) is 0 Å². The molecule has 0 aliphatic heterocycles. The second kappa shape index (κ2) is 5.27. The minimum atomic E-state index is -1.10. The maximum absolute atomic E-state index is 10.5. The molecule has 2 rings (SSSR count). The van der Waals surface area contributed by atoms with Gasteiger partial charge in [0.1, 0.15) is 11.3 Å². The highest BCUT2D eigenvalue weighted by molar-refractivity contribution is 7.99. The third-order valence-corrected chi connectivity index (χ3v) is 3.43. The second-order valence-corrected chi connectivity index (χ2v) is 4.79. The molecule has 0 radical (unpaired) electrons. The van der Waals surface area contributed by atoms with E-state index in [0.717, 1.165) is 28.2 Å². The van der Waals surface area contributed by atoms with Crippen molar-refractivity contribution < 1.29 is 14.6 Å². The molecule has 0 N–H and O–H groups in total. The first-order valence-electron chi connectivity index (χ1n) is 5.39. The zero-order chi connectivity index (χ0) is 13.1. The highest BCUT2D eigenvalue weighted by Crippen LogP contribution is 2.29. The molecule has 0 saturated heterocycles. The van der Waals surface area contributed by atoms with Crippen molar-refractivity contribution in [2.45, 2.75) is 11.9 Å². The number of hydrogen-bond acceptors (Lipinski definition) is 5. The van der Waals surface area contributed by atoms with E-state index in [1.807, 2.05) is 31.2 Å². The van der Waals surface area contributed by atoms with Crippen LogP contribution in [0.25, 0.3) is 10.9 Å². The van der Waals surface area contributed by atoms with Crippen LogP contribution in [0.1, 0.15) is 5.56 Å². The van der Waals surface area contributed by atoms with E-state index in [1.54, 1.807) is 7.11 Å². The van der Waals surface area contributed by atoms with Crippen molar-refractivity contribution in [1.82, 2.24) is 4.98 Å². The predicted molar refractivity (Wildman–Crippen MR) is 68.8 cm³/mol. The van der Waals surface area contributed by atoms with Gasteiger partial charge in [-0.2, -0.15) is 0 Å². The lowest BCUT2D eigenvalue weighted by Crippen LogP contribution is -2.24. The number of para-hydroxylation sites is 1. The van der Waals surface area contributed by atoms with Crippen LogP contribution in [-0.2, 0) is 4.79 Å². The van der Waals surface area contributed by atoms with Gasteiger partial charge in [0.05, 0.1) is 18.1 Å². The number of carbonyl (C=O) groups excluding carboxylic acids is 1. The molecular weight excluding hydrogens is 250 g/mol. The van der Waals surface area contributed by atoms with E-state index in [-0.39, 0.29) is 5.75 Å². The Balaban J connectivity index is 2.49. The number of benzene rings is 1. The quantitative estimate of drug-likeness (QED) is 0.779. The fourth-order valence-electron chi connectivity index (χ4n) is 1.73. The number of carbonyl (C=O) groups is 1. The van der Waals surface area contributed by atoms with Crippen LogP contribution >= 0.6 is 11.8 Å². The van der Waals surface area contributed by atoms with Crippen LogP contribution in [0.15, 0.2) is 29.3 Å². The highest BCUT2D eigenvalue weighted by Gasteiger charge is 2.07. The summed E-state index contributed by atoms with van der Waals surface area (Å²) < 4.78 is 5.26. The zero-order valence-electron chi connectivity index (χ0n) is 10.1. The van der Waals surface area contributed by atoms with Gasteiger partial charge in [0.15, 0.2) is 0 Å². The number of rotatable bonds is 4. The fourth-order valence-corrected chi connectivity index (χ4v) is 2.41. The summed E-state index contributed by atoms with van der Waals surface area (Å²) in [5.41, 5.74) is 1.79. The lowest BCUT2D eigenvalue weighted by molar-refractivity contribution is -0.301. The Morgan fingerprint density at radius 3 is 2.94 bits per heavy atom. The molecular formula is C13H12NO3S-. The molecule has 1 heterocycles. The van der Waals surface area contributed by atoms with Gasteiger partial charge in [-0.3, -0.25) is 0 Å². The maximum atomic E-state index is 10.5. The van der Waals surface area contributed by atoms with E-state index in [4.69, 9.17) is 4.74 Å². The van der Waals surface area contributed by atoms with Crippen LogP contribution in [0.5, 0.6) is 5.75 Å². The second-order valence-electron chi connectivity index (χ2n) is 3.79. The average molecular weight is 262 g/mol.